The summed E-state index contributed by atoms with van der Waals surface area (Å²) in [4.78, 5) is 12.2. The SMILES string of the molecule is Cc1cc(C(=O)NC2CCCCC2CN)ccc1F. The number of carbonyl (C=O) groups excluding carboxylic acids is 1. The highest BCUT2D eigenvalue weighted by Crippen LogP contribution is 2.24. The second-order valence-corrected chi connectivity index (χ2v) is 5.32. The van der Waals surface area contributed by atoms with Crippen LogP contribution in [-0.4, -0.2) is 18.5 Å². The molecule has 0 aliphatic heterocycles. The Labute approximate surface area is 113 Å². The fourth-order valence-electron chi connectivity index (χ4n) is 2.72. The van der Waals surface area contributed by atoms with E-state index in [9.17, 15) is 9.18 Å². The number of benzene rings is 1. The topological polar surface area (TPSA) is 55.1 Å². The summed E-state index contributed by atoms with van der Waals surface area (Å²) in [7, 11) is 0. The number of carbonyl (C=O) groups is 1. The predicted octanol–water partition coefficient (Wildman–Crippen LogP) is 2.38. The van der Waals surface area contributed by atoms with Crippen LogP contribution in [0.4, 0.5) is 4.39 Å². The van der Waals surface area contributed by atoms with Gasteiger partial charge in [-0.3, -0.25) is 4.79 Å². The number of nitrogens with one attached hydrogen (secondary N) is 1. The maximum Gasteiger partial charge on any atom is 0.251 e. The molecule has 19 heavy (non-hydrogen) atoms. The molecule has 1 aliphatic rings. The van der Waals surface area contributed by atoms with E-state index in [-0.39, 0.29) is 17.8 Å². The van der Waals surface area contributed by atoms with Gasteiger partial charge in [0.2, 0.25) is 0 Å². The molecule has 1 saturated carbocycles. The van der Waals surface area contributed by atoms with Crippen LogP contribution in [0.2, 0.25) is 0 Å². The fourth-order valence-corrected chi connectivity index (χ4v) is 2.72. The van der Waals surface area contributed by atoms with Crippen molar-refractivity contribution in [3.63, 3.8) is 0 Å². The molecule has 1 fully saturated rings. The minimum absolute atomic E-state index is 0.131. The van der Waals surface area contributed by atoms with E-state index in [0.717, 1.165) is 19.3 Å². The minimum atomic E-state index is -0.283. The number of hydrogen-bond acceptors (Lipinski definition) is 2. The van der Waals surface area contributed by atoms with Crippen LogP contribution in [0, 0.1) is 18.7 Å². The van der Waals surface area contributed by atoms with Gasteiger partial charge < -0.3 is 11.1 Å². The van der Waals surface area contributed by atoms with Crippen LogP contribution < -0.4 is 11.1 Å². The van der Waals surface area contributed by atoms with Crippen LogP contribution >= 0.6 is 0 Å². The van der Waals surface area contributed by atoms with E-state index < -0.39 is 0 Å². The summed E-state index contributed by atoms with van der Waals surface area (Å²) >= 11 is 0. The molecule has 0 saturated heterocycles. The quantitative estimate of drug-likeness (QED) is 0.880. The van der Waals surface area contributed by atoms with E-state index in [1.807, 2.05) is 0 Å². The van der Waals surface area contributed by atoms with Crippen molar-refractivity contribution in [1.29, 1.82) is 0 Å². The molecule has 2 atom stereocenters. The first-order valence-electron chi connectivity index (χ1n) is 6.89. The number of halogens is 1. The van der Waals surface area contributed by atoms with Crippen LogP contribution in [0.15, 0.2) is 18.2 Å². The van der Waals surface area contributed by atoms with Crippen LogP contribution in [0.5, 0.6) is 0 Å². The van der Waals surface area contributed by atoms with E-state index in [4.69, 9.17) is 5.73 Å². The normalized spacial score (nSPS) is 23.1. The Morgan fingerprint density at radius 1 is 1.42 bits per heavy atom. The average Bonchev–Trinajstić information content (AvgIpc) is 2.42. The van der Waals surface area contributed by atoms with Gasteiger partial charge in [-0.2, -0.15) is 0 Å². The molecule has 2 unspecified atom stereocenters. The van der Waals surface area contributed by atoms with E-state index in [2.05, 4.69) is 5.32 Å². The van der Waals surface area contributed by atoms with Gasteiger partial charge in [-0.15, -0.1) is 0 Å². The van der Waals surface area contributed by atoms with Crippen molar-refractivity contribution >= 4 is 5.91 Å². The van der Waals surface area contributed by atoms with Gasteiger partial charge in [-0.05, 0) is 56.0 Å². The van der Waals surface area contributed by atoms with Crippen molar-refractivity contribution in [2.75, 3.05) is 6.54 Å². The van der Waals surface area contributed by atoms with Gasteiger partial charge in [-0.1, -0.05) is 12.8 Å². The number of amides is 1. The van der Waals surface area contributed by atoms with Crippen LogP contribution in [-0.2, 0) is 0 Å². The Morgan fingerprint density at radius 2 is 2.16 bits per heavy atom. The summed E-state index contributed by atoms with van der Waals surface area (Å²) in [5.41, 5.74) is 6.76. The molecular formula is C15H21FN2O. The van der Waals surface area contributed by atoms with Gasteiger partial charge in [0.25, 0.3) is 5.91 Å². The van der Waals surface area contributed by atoms with Crippen LogP contribution in [0.3, 0.4) is 0 Å². The molecule has 104 valence electrons. The summed E-state index contributed by atoms with van der Waals surface area (Å²) in [6.07, 6.45) is 4.37. The maximum absolute atomic E-state index is 13.2. The van der Waals surface area contributed by atoms with Crippen LogP contribution in [0.25, 0.3) is 0 Å². The second kappa shape index (κ2) is 6.15. The van der Waals surface area contributed by atoms with Crippen molar-refractivity contribution in [3.8, 4) is 0 Å². The molecule has 3 nitrogen and oxygen atoms in total. The van der Waals surface area contributed by atoms with E-state index in [1.165, 1.54) is 18.6 Å². The number of nitrogens with two attached hydrogens (primary N) is 1. The monoisotopic (exact) mass is 264 g/mol. The van der Waals surface area contributed by atoms with Crippen molar-refractivity contribution in [3.05, 3.63) is 35.1 Å². The second-order valence-electron chi connectivity index (χ2n) is 5.32. The van der Waals surface area contributed by atoms with E-state index in [1.54, 1.807) is 13.0 Å². The Morgan fingerprint density at radius 3 is 2.84 bits per heavy atom. The van der Waals surface area contributed by atoms with Crippen molar-refractivity contribution in [2.45, 2.75) is 38.6 Å². The Bertz CT molecular complexity index is 461. The van der Waals surface area contributed by atoms with E-state index >= 15 is 0 Å². The molecule has 1 aromatic carbocycles. The van der Waals surface area contributed by atoms with Crippen molar-refractivity contribution < 1.29 is 9.18 Å². The Balaban J connectivity index is 2.05. The van der Waals surface area contributed by atoms with Gasteiger partial charge in [0.05, 0.1) is 0 Å². The molecule has 4 heteroatoms. The zero-order valence-corrected chi connectivity index (χ0v) is 11.3. The fraction of sp³-hybridized carbons (Fsp3) is 0.533. The molecule has 1 aromatic rings. The molecular weight excluding hydrogens is 243 g/mol. The lowest BCUT2D eigenvalue weighted by Crippen LogP contribution is -2.44. The molecule has 0 bridgehead atoms. The third-order valence-corrected chi connectivity index (χ3v) is 3.95. The van der Waals surface area contributed by atoms with E-state index in [0.29, 0.717) is 23.6 Å². The lowest BCUT2D eigenvalue weighted by atomic mass is 9.84. The molecule has 0 spiro atoms. The first kappa shape index (κ1) is 14.0. The summed E-state index contributed by atoms with van der Waals surface area (Å²) in [6, 6.07) is 4.60. The summed E-state index contributed by atoms with van der Waals surface area (Å²) in [5, 5.41) is 3.04. The number of rotatable bonds is 3. The summed E-state index contributed by atoms with van der Waals surface area (Å²) in [6.45, 7) is 2.27. The zero-order valence-electron chi connectivity index (χ0n) is 11.3. The lowest BCUT2D eigenvalue weighted by Gasteiger charge is -2.31. The minimum Gasteiger partial charge on any atom is -0.349 e. The van der Waals surface area contributed by atoms with Crippen LogP contribution in [0.1, 0.15) is 41.6 Å². The van der Waals surface area contributed by atoms with Crippen molar-refractivity contribution in [1.82, 2.24) is 5.32 Å². The first-order chi connectivity index (χ1) is 9.11. The standard InChI is InChI=1S/C15H21FN2O/c1-10-8-11(6-7-13(10)16)15(19)18-14-5-3-2-4-12(14)9-17/h6-8,12,14H,2-5,9,17H2,1H3,(H,18,19). The van der Waals surface area contributed by atoms with Gasteiger partial charge in [0.1, 0.15) is 5.82 Å². The van der Waals surface area contributed by atoms with Gasteiger partial charge in [0, 0.05) is 11.6 Å². The number of hydrogen-bond donors (Lipinski definition) is 2. The van der Waals surface area contributed by atoms with Gasteiger partial charge >= 0.3 is 0 Å². The summed E-state index contributed by atoms with van der Waals surface area (Å²) in [5.74, 6) is -0.0539. The molecule has 0 radical (unpaired) electrons. The molecule has 3 N–H and O–H groups in total. The predicted molar refractivity (Wildman–Crippen MR) is 73.4 cm³/mol. The Kier molecular flexibility index (Phi) is 4.53. The third kappa shape index (κ3) is 3.32. The summed E-state index contributed by atoms with van der Waals surface area (Å²) < 4.78 is 13.2. The van der Waals surface area contributed by atoms with Gasteiger partial charge in [0.15, 0.2) is 0 Å². The highest BCUT2D eigenvalue weighted by atomic mass is 19.1. The Hall–Kier alpha value is -1.42. The lowest BCUT2D eigenvalue weighted by molar-refractivity contribution is 0.0908. The average molecular weight is 264 g/mol. The number of aryl methyl sites for hydroxylation is 1. The molecule has 0 aromatic heterocycles. The smallest absolute Gasteiger partial charge is 0.251 e. The van der Waals surface area contributed by atoms with Gasteiger partial charge in [-0.25, -0.2) is 4.39 Å². The first-order valence-corrected chi connectivity index (χ1v) is 6.89. The molecule has 1 aliphatic carbocycles. The molecule has 2 rings (SSSR count). The highest BCUT2D eigenvalue weighted by molar-refractivity contribution is 5.94. The zero-order chi connectivity index (χ0) is 13.8. The molecule has 0 heterocycles. The van der Waals surface area contributed by atoms with Crippen molar-refractivity contribution in [2.24, 2.45) is 11.7 Å². The molecule has 1 amide bonds. The largest absolute Gasteiger partial charge is 0.349 e. The third-order valence-electron chi connectivity index (χ3n) is 3.95. The maximum atomic E-state index is 13.2. The highest BCUT2D eigenvalue weighted by Gasteiger charge is 2.25.